The number of hydrogen-bond donors (Lipinski definition) is 0. The van der Waals surface area contributed by atoms with Crippen molar-refractivity contribution in [3.8, 4) is 21.8 Å². The maximum atomic E-state index is 4.33. The van der Waals surface area contributed by atoms with E-state index in [1.54, 1.807) is 12.4 Å². The average molecular weight is 367 g/mol. The van der Waals surface area contributed by atoms with Crippen LogP contribution in [0.4, 0.5) is 0 Å². The van der Waals surface area contributed by atoms with E-state index in [-0.39, 0.29) is 0 Å². The summed E-state index contributed by atoms with van der Waals surface area (Å²) in [7, 11) is 0. The minimum Gasteiger partial charge on any atom is -0.235 e. The Morgan fingerprint density at radius 2 is 1.50 bits per heavy atom. The van der Waals surface area contributed by atoms with Crippen LogP contribution in [0.2, 0.25) is 0 Å². The summed E-state index contributed by atoms with van der Waals surface area (Å²) in [6, 6.07) is 19.1. The lowest BCUT2D eigenvalue weighted by Crippen LogP contribution is -1.87. The highest BCUT2D eigenvalue weighted by molar-refractivity contribution is 9.10. The van der Waals surface area contributed by atoms with E-state index in [1.165, 1.54) is 20.5 Å². The number of hydrogen-bond acceptors (Lipinski definition) is 3. The highest BCUT2D eigenvalue weighted by Crippen LogP contribution is 2.34. The van der Waals surface area contributed by atoms with Crippen LogP contribution in [0.1, 0.15) is 0 Å². The fourth-order valence-electron chi connectivity index (χ4n) is 2.37. The van der Waals surface area contributed by atoms with Gasteiger partial charge >= 0.3 is 0 Å². The van der Waals surface area contributed by atoms with Gasteiger partial charge in [-0.1, -0.05) is 42.5 Å². The predicted molar refractivity (Wildman–Crippen MR) is 96.0 cm³/mol. The number of rotatable bonds is 2. The maximum absolute atomic E-state index is 4.33. The van der Waals surface area contributed by atoms with Crippen LogP contribution in [0.3, 0.4) is 0 Å². The number of aromatic nitrogens is 2. The summed E-state index contributed by atoms with van der Waals surface area (Å²) < 4.78 is 2.20. The second-order valence-corrected chi connectivity index (χ2v) is 6.95. The van der Waals surface area contributed by atoms with Crippen molar-refractivity contribution in [3.05, 3.63) is 71.5 Å². The van der Waals surface area contributed by atoms with Crippen molar-refractivity contribution in [1.29, 1.82) is 0 Å². The first-order chi connectivity index (χ1) is 10.8. The summed E-state index contributed by atoms with van der Waals surface area (Å²) in [5.41, 5.74) is 2.25. The number of halogens is 1. The highest BCUT2D eigenvalue weighted by Gasteiger charge is 2.05. The van der Waals surface area contributed by atoms with E-state index >= 15 is 0 Å². The van der Waals surface area contributed by atoms with Crippen molar-refractivity contribution >= 4 is 37.4 Å². The lowest BCUT2D eigenvalue weighted by molar-refractivity contribution is 1.16. The van der Waals surface area contributed by atoms with E-state index in [1.807, 2.05) is 11.3 Å². The molecule has 0 saturated carbocycles. The Bertz CT molecular complexity index is 894. The molecule has 0 saturated heterocycles. The quantitative estimate of drug-likeness (QED) is 0.448. The van der Waals surface area contributed by atoms with Crippen molar-refractivity contribution in [3.63, 3.8) is 0 Å². The van der Waals surface area contributed by atoms with Crippen LogP contribution in [-0.2, 0) is 0 Å². The Labute approximate surface area is 140 Å². The van der Waals surface area contributed by atoms with Gasteiger partial charge in [0.2, 0.25) is 0 Å². The zero-order valence-electron chi connectivity index (χ0n) is 11.5. The van der Waals surface area contributed by atoms with Gasteiger partial charge < -0.3 is 0 Å². The standard InChI is InChI=1S/C18H11BrN2S/c19-15-10-20-18(21-11-15)13-7-5-12(6-8-13)17-9-14-3-1-2-4-16(14)22-17/h1-11H. The van der Waals surface area contributed by atoms with E-state index in [0.717, 1.165) is 15.9 Å². The Morgan fingerprint density at radius 3 is 2.23 bits per heavy atom. The molecule has 22 heavy (non-hydrogen) atoms. The van der Waals surface area contributed by atoms with Crippen LogP contribution < -0.4 is 0 Å². The topological polar surface area (TPSA) is 25.8 Å². The van der Waals surface area contributed by atoms with Gasteiger partial charge in [0.1, 0.15) is 0 Å². The molecule has 106 valence electrons. The Morgan fingerprint density at radius 1 is 0.818 bits per heavy atom. The maximum Gasteiger partial charge on any atom is 0.159 e. The van der Waals surface area contributed by atoms with Crippen molar-refractivity contribution in [2.45, 2.75) is 0 Å². The molecule has 2 heterocycles. The second kappa shape index (κ2) is 5.63. The van der Waals surface area contributed by atoms with Gasteiger partial charge in [0.15, 0.2) is 5.82 Å². The first-order valence-corrected chi connectivity index (χ1v) is 8.47. The first kappa shape index (κ1) is 13.6. The zero-order valence-corrected chi connectivity index (χ0v) is 13.9. The van der Waals surface area contributed by atoms with Crippen LogP contribution in [0.5, 0.6) is 0 Å². The summed E-state index contributed by atoms with van der Waals surface area (Å²) >= 11 is 5.17. The number of nitrogens with zero attached hydrogens (tertiary/aromatic N) is 2. The molecule has 4 rings (SSSR count). The SMILES string of the molecule is Brc1cnc(-c2ccc(-c3cc4ccccc4s3)cc2)nc1. The van der Waals surface area contributed by atoms with Crippen LogP contribution in [0.15, 0.2) is 71.5 Å². The van der Waals surface area contributed by atoms with Crippen molar-refractivity contribution in [2.24, 2.45) is 0 Å². The van der Waals surface area contributed by atoms with Crippen LogP contribution in [0.25, 0.3) is 31.9 Å². The monoisotopic (exact) mass is 366 g/mol. The van der Waals surface area contributed by atoms with Crippen molar-refractivity contribution in [1.82, 2.24) is 9.97 Å². The second-order valence-electron chi connectivity index (χ2n) is 4.95. The van der Waals surface area contributed by atoms with Crippen molar-refractivity contribution in [2.75, 3.05) is 0 Å². The minimum atomic E-state index is 0.742. The highest BCUT2D eigenvalue weighted by atomic mass is 79.9. The van der Waals surface area contributed by atoms with Gasteiger partial charge in [-0.2, -0.15) is 0 Å². The largest absolute Gasteiger partial charge is 0.235 e. The van der Waals surface area contributed by atoms with Gasteiger partial charge in [-0.05, 0) is 39.0 Å². The summed E-state index contributed by atoms with van der Waals surface area (Å²) in [6.07, 6.45) is 3.53. The summed E-state index contributed by atoms with van der Waals surface area (Å²) in [6.45, 7) is 0. The molecule has 0 N–H and O–H groups in total. The summed E-state index contributed by atoms with van der Waals surface area (Å²) in [4.78, 5) is 9.94. The molecule has 0 bridgehead atoms. The molecule has 0 fully saturated rings. The molecule has 2 aromatic heterocycles. The molecule has 0 unspecified atom stereocenters. The van der Waals surface area contributed by atoms with E-state index in [2.05, 4.69) is 80.5 Å². The molecule has 0 radical (unpaired) electrons. The van der Waals surface area contributed by atoms with Crippen LogP contribution in [-0.4, -0.2) is 9.97 Å². The molecule has 4 heteroatoms. The number of thiophene rings is 1. The lowest BCUT2D eigenvalue weighted by atomic mass is 10.1. The Kier molecular flexibility index (Phi) is 3.48. The van der Waals surface area contributed by atoms with Crippen LogP contribution in [0, 0.1) is 0 Å². The molecular formula is C18H11BrN2S. The van der Waals surface area contributed by atoms with Crippen LogP contribution >= 0.6 is 27.3 Å². The van der Waals surface area contributed by atoms with Gasteiger partial charge in [0.25, 0.3) is 0 Å². The number of fused-ring (bicyclic) bond motifs is 1. The molecule has 0 aliphatic carbocycles. The van der Waals surface area contributed by atoms with Gasteiger partial charge in [0.05, 0.1) is 4.47 Å². The third-order valence-corrected chi connectivity index (χ3v) is 5.05. The van der Waals surface area contributed by atoms with E-state index in [9.17, 15) is 0 Å². The average Bonchev–Trinajstić information content (AvgIpc) is 3.00. The van der Waals surface area contributed by atoms with E-state index in [4.69, 9.17) is 0 Å². The molecule has 0 amide bonds. The normalized spacial score (nSPS) is 11.0. The molecular weight excluding hydrogens is 356 g/mol. The molecule has 0 spiro atoms. The molecule has 0 aliphatic heterocycles. The molecule has 2 nitrogen and oxygen atoms in total. The summed E-state index contributed by atoms with van der Waals surface area (Å²) in [5.74, 6) is 0.742. The third-order valence-electron chi connectivity index (χ3n) is 3.47. The van der Waals surface area contributed by atoms with E-state index in [0.29, 0.717) is 0 Å². The third kappa shape index (κ3) is 2.56. The van der Waals surface area contributed by atoms with Crippen molar-refractivity contribution < 1.29 is 0 Å². The lowest BCUT2D eigenvalue weighted by Gasteiger charge is -2.02. The predicted octanol–water partition coefficient (Wildman–Crippen LogP) is 5.79. The van der Waals surface area contributed by atoms with Gasteiger partial charge in [-0.15, -0.1) is 11.3 Å². The van der Waals surface area contributed by atoms with Gasteiger partial charge in [-0.25, -0.2) is 9.97 Å². The fourth-order valence-corrected chi connectivity index (χ4v) is 3.64. The molecule has 0 atom stereocenters. The summed E-state index contributed by atoms with van der Waals surface area (Å²) in [5, 5.41) is 1.29. The van der Waals surface area contributed by atoms with E-state index < -0.39 is 0 Å². The van der Waals surface area contributed by atoms with Gasteiger partial charge in [0, 0.05) is 27.5 Å². The Balaban J connectivity index is 1.70. The Hall–Kier alpha value is -2.04. The first-order valence-electron chi connectivity index (χ1n) is 6.86. The number of benzene rings is 2. The smallest absolute Gasteiger partial charge is 0.159 e. The molecule has 4 aromatic rings. The fraction of sp³-hybridized carbons (Fsp3) is 0. The minimum absolute atomic E-state index is 0.742. The molecule has 0 aliphatic rings. The van der Waals surface area contributed by atoms with Gasteiger partial charge in [-0.3, -0.25) is 0 Å². The molecule has 2 aromatic carbocycles. The zero-order chi connectivity index (χ0) is 14.9.